The van der Waals surface area contributed by atoms with Crippen LogP contribution in [0, 0.1) is 11.3 Å². The van der Waals surface area contributed by atoms with Crippen LogP contribution >= 0.6 is 27.3 Å². The number of hydrogen-bond acceptors (Lipinski definition) is 5. The van der Waals surface area contributed by atoms with Crippen molar-refractivity contribution in [3.63, 3.8) is 0 Å². The Morgan fingerprint density at radius 1 is 1.50 bits per heavy atom. The second kappa shape index (κ2) is 7.21. The summed E-state index contributed by atoms with van der Waals surface area (Å²) in [6.07, 6.45) is 0.162. The predicted molar refractivity (Wildman–Crippen MR) is 72.9 cm³/mol. The summed E-state index contributed by atoms with van der Waals surface area (Å²) in [7, 11) is -2.02. The number of halogens is 1. The van der Waals surface area contributed by atoms with E-state index in [1.165, 1.54) is 11.4 Å². The highest BCUT2D eigenvalue weighted by Crippen LogP contribution is 2.28. The van der Waals surface area contributed by atoms with Crippen molar-refractivity contribution in [1.82, 2.24) is 4.31 Å². The molecule has 0 spiro atoms. The van der Waals surface area contributed by atoms with Crippen LogP contribution in [-0.4, -0.2) is 39.5 Å². The number of nitrogens with zero attached hydrogens (tertiary/aromatic N) is 2. The zero-order valence-electron chi connectivity index (χ0n) is 9.80. The average Bonchev–Trinajstić information content (AvgIpc) is 2.76. The van der Waals surface area contributed by atoms with E-state index in [0.29, 0.717) is 6.61 Å². The minimum atomic E-state index is -3.53. The Morgan fingerprint density at radius 3 is 2.72 bits per heavy atom. The number of hydrogen-bond donors (Lipinski definition) is 0. The lowest BCUT2D eigenvalue weighted by Crippen LogP contribution is -2.34. The smallest absolute Gasteiger partial charge is 0.252 e. The van der Waals surface area contributed by atoms with Gasteiger partial charge in [-0.25, -0.2) is 8.42 Å². The summed E-state index contributed by atoms with van der Waals surface area (Å²) in [5.74, 6) is 0. The van der Waals surface area contributed by atoms with Crippen molar-refractivity contribution in [2.75, 3.05) is 26.8 Å². The van der Waals surface area contributed by atoms with E-state index in [0.717, 1.165) is 15.1 Å². The molecule has 1 rings (SSSR count). The lowest BCUT2D eigenvalue weighted by Gasteiger charge is -2.19. The van der Waals surface area contributed by atoms with Crippen LogP contribution in [0.15, 0.2) is 20.1 Å². The number of sulfonamides is 1. The highest BCUT2D eigenvalue weighted by atomic mass is 79.9. The molecule has 0 atom stereocenters. The zero-order valence-corrected chi connectivity index (χ0v) is 13.0. The van der Waals surface area contributed by atoms with Crippen molar-refractivity contribution < 1.29 is 13.2 Å². The molecule has 0 aliphatic rings. The topological polar surface area (TPSA) is 70.4 Å². The van der Waals surface area contributed by atoms with Crippen LogP contribution in [0.25, 0.3) is 0 Å². The molecule has 0 bridgehead atoms. The fourth-order valence-electron chi connectivity index (χ4n) is 1.28. The maximum absolute atomic E-state index is 12.3. The highest BCUT2D eigenvalue weighted by molar-refractivity contribution is 9.11. The Labute approximate surface area is 119 Å². The Balaban J connectivity index is 2.92. The van der Waals surface area contributed by atoms with Gasteiger partial charge in [-0.15, -0.1) is 11.3 Å². The molecule has 0 saturated carbocycles. The highest BCUT2D eigenvalue weighted by Gasteiger charge is 2.25. The van der Waals surface area contributed by atoms with E-state index in [1.54, 1.807) is 12.1 Å². The first kappa shape index (κ1) is 15.6. The molecule has 8 heteroatoms. The van der Waals surface area contributed by atoms with Crippen molar-refractivity contribution in [3.8, 4) is 6.07 Å². The standard InChI is InChI=1S/C10H13BrN2O3S2/c1-16-8-7-13(6-2-5-12)18(14,15)10-4-3-9(11)17-10/h3-4H,2,6-8H2,1H3. The molecular weight excluding hydrogens is 340 g/mol. The van der Waals surface area contributed by atoms with Gasteiger partial charge < -0.3 is 4.74 Å². The monoisotopic (exact) mass is 352 g/mol. The van der Waals surface area contributed by atoms with Crippen LogP contribution in [0.1, 0.15) is 6.42 Å². The van der Waals surface area contributed by atoms with Crippen LogP contribution in [0.2, 0.25) is 0 Å². The molecule has 1 aromatic rings. The first-order valence-electron chi connectivity index (χ1n) is 5.13. The fourth-order valence-corrected chi connectivity index (χ4v) is 4.87. The average molecular weight is 353 g/mol. The lowest BCUT2D eigenvalue weighted by atomic mass is 10.4. The molecule has 0 fully saturated rings. The van der Waals surface area contributed by atoms with Crippen LogP contribution in [-0.2, 0) is 14.8 Å². The van der Waals surface area contributed by atoms with Crippen LogP contribution < -0.4 is 0 Å². The Hall–Kier alpha value is -0.460. The summed E-state index contributed by atoms with van der Waals surface area (Å²) in [5, 5.41) is 8.57. The third-order valence-electron chi connectivity index (χ3n) is 2.16. The third kappa shape index (κ3) is 4.03. The first-order chi connectivity index (χ1) is 8.52. The number of ether oxygens (including phenoxy) is 1. The van der Waals surface area contributed by atoms with Crippen LogP contribution in [0.4, 0.5) is 0 Å². The number of nitriles is 1. The predicted octanol–water partition coefficient (Wildman–Crippen LogP) is 2.06. The van der Waals surface area contributed by atoms with Gasteiger partial charge in [0.05, 0.1) is 16.5 Å². The van der Waals surface area contributed by atoms with E-state index >= 15 is 0 Å². The molecule has 1 aromatic heterocycles. The number of rotatable bonds is 7. The number of thiophene rings is 1. The van der Waals surface area contributed by atoms with E-state index < -0.39 is 10.0 Å². The van der Waals surface area contributed by atoms with E-state index in [4.69, 9.17) is 10.00 Å². The van der Waals surface area contributed by atoms with Crippen LogP contribution in [0.3, 0.4) is 0 Å². The summed E-state index contributed by atoms with van der Waals surface area (Å²) in [6.45, 7) is 0.727. The molecule has 0 unspecified atom stereocenters. The van der Waals surface area contributed by atoms with Crippen molar-refractivity contribution >= 4 is 37.3 Å². The molecule has 0 N–H and O–H groups in total. The zero-order chi connectivity index (χ0) is 13.6. The molecular formula is C10H13BrN2O3S2. The van der Waals surface area contributed by atoms with Gasteiger partial charge in [-0.3, -0.25) is 0 Å². The Kier molecular flexibility index (Phi) is 6.25. The van der Waals surface area contributed by atoms with Gasteiger partial charge in [0.15, 0.2) is 0 Å². The van der Waals surface area contributed by atoms with E-state index in [2.05, 4.69) is 15.9 Å². The molecule has 100 valence electrons. The van der Waals surface area contributed by atoms with E-state index in [1.807, 2.05) is 6.07 Å². The van der Waals surface area contributed by atoms with E-state index in [9.17, 15) is 8.42 Å². The summed E-state index contributed by atoms with van der Waals surface area (Å²) in [4.78, 5) is 0. The minimum Gasteiger partial charge on any atom is -0.383 e. The maximum atomic E-state index is 12.3. The van der Waals surface area contributed by atoms with Gasteiger partial charge in [-0.2, -0.15) is 9.57 Å². The second-order valence-electron chi connectivity index (χ2n) is 3.36. The normalized spacial score (nSPS) is 11.7. The fraction of sp³-hybridized carbons (Fsp3) is 0.500. The van der Waals surface area contributed by atoms with Crippen molar-refractivity contribution in [2.45, 2.75) is 10.6 Å². The molecule has 0 amide bonds. The van der Waals surface area contributed by atoms with Crippen LogP contribution in [0.5, 0.6) is 0 Å². The minimum absolute atomic E-state index is 0.162. The molecule has 5 nitrogen and oxygen atoms in total. The number of methoxy groups -OCH3 is 1. The summed E-state index contributed by atoms with van der Waals surface area (Å²) in [5.41, 5.74) is 0. The maximum Gasteiger partial charge on any atom is 0.252 e. The van der Waals surface area contributed by atoms with Gasteiger partial charge in [0.25, 0.3) is 10.0 Å². The molecule has 1 heterocycles. The van der Waals surface area contributed by atoms with Gasteiger partial charge >= 0.3 is 0 Å². The van der Waals surface area contributed by atoms with Gasteiger partial charge in [0.2, 0.25) is 0 Å². The van der Waals surface area contributed by atoms with Gasteiger partial charge in [-0.05, 0) is 28.1 Å². The third-order valence-corrected chi connectivity index (χ3v) is 6.15. The van der Waals surface area contributed by atoms with Gasteiger partial charge in [0.1, 0.15) is 4.21 Å². The lowest BCUT2D eigenvalue weighted by molar-refractivity contribution is 0.179. The molecule has 0 aliphatic heterocycles. The first-order valence-corrected chi connectivity index (χ1v) is 8.18. The van der Waals surface area contributed by atoms with Gasteiger partial charge in [-0.1, -0.05) is 0 Å². The molecule has 0 saturated heterocycles. The molecule has 18 heavy (non-hydrogen) atoms. The largest absolute Gasteiger partial charge is 0.383 e. The SMILES string of the molecule is COCCN(CCC#N)S(=O)(=O)c1ccc(Br)s1. The molecule has 0 radical (unpaired) electrons. The molecule has 0 aromatic carbocycles. The van der Waals surface area contributed by atoms with Gasteiger partial charge in [0, 0.05) is 26.6 Å². The summed E-state index contributed by atoms with van der Waals surface area (Å²) >= 11 is 4.39. The Bertz CT molecular complexity index is 521. The Morgan fingerprint density at radius 2 is 2.22 bits per heavy atom. The van der Waals surface area contributed by atoms with Crippen molar-refractivity contribution in [3.05, 3.63) is 15.9 Å². The second-order valence-corrected chi connectivity index (χ2v) is 7.99. The van der Waals surface area contributed by atoms with E-state index in [-0.39, 0.29) is 23.7 Å². The molecule has 0 aliphatic carbocycles. The quantitative estimate of drug-likeness (QED) is 0.752. The summed E-state index contributed by atoms with van der Waals surface area (Å²) < 4.78 is 31.8. The van der Waals surface area contributed by atoms with Crippen molar-refractivity contribution in [1.29, 1.82) is 5.26 Å². The van der Waals surface area contributed by atoms with Crippen molar-refractivity contribution in [2.24, 2.45) is 0 Å². The summed E-state index contributed by atoms with van der Waals surface area (Å²) in [6, 6.07) is 5.19.